The number of hydrogen-bond acceptors (Lipinski definition) is 4. The van der Waals surface area contributed by atoms with E-state index in [9.17, 15) is 8.76 Å². The van der Waals surface area contributed by atoms with E-state index in [1.807, 2.05) is 0 Å². The highest BCUT2D eigenvalue weighted by Gasteiger charge is 1.89. The summed E-state index contributed by atoms with van der Waals surface area (Å²) in [6.07, 6.45) is 3.13. The normalized spacial score (nSPS) is 13.3. The van der Waals surface area contributed by atoms with Gasteiger partial charge in [0.2, 0.25) is 0 Å². The lowest BCUT2D eigenvalue weighted by molar-refractivity contribution is 0.525. The Morgan fingerprint density at radius 3 is 3.00 bits per heavy atom. The first-order valence-electron chi connectivity index (χ1n) is 2.69. The maximum atomic E-state index is 10.0. The van der Waals surface area contributed by atoms with E-state index in [1.54, 1.807) is 6.20 Å². The minimum absolute atomic E-state index is 0.0867. The molecule has 6 heteroatoms. The molecule has 1 unspecified atom stereocenters. The molecule has 0 aliphatic carbocycles. The molecule has 1 aromatic heterocycles. The van der Waals surface area contributed by atoms with Gasteiger partial charge in [-0.25, -0.2) is 0 Å². The minimum Gasteiger partial charge on any atom is -0.772 e. The summed E-state index contributed by atoms with van der Waals surface area (Å²) in [5.41, 5.74) is 0. The van der Waals surface area contributed by atoms with Crippen LogP contribution in [0.25, 0.3) is 0 Å². The Bertz CT molecular complexity index is 210. The summed E-state index contributed by atoms with van der Waals surface area (Å²) in [6.45, 7) is 0.371. The summed E-state index contributed by atoms with van der Waals surface area (Å²) in [6, 6.07) is 0. The number of aryl methyl sites for hydroxylation is 1. The van der Waals surface area contributed by atoms with Gasteiger partial charge in [0.05, 0.1) is 12.7 Å². The van der Waals surface area contributed by atoms with E-state index >= 15 is 0 Å². The SMILES string of the molecule is O=S([O-])CCn1ccnn1. The molecule has 0 fully saturated rings. The molecule has 1 aromatic rings. The van der Waals surface area contributed by atoms with Crippen LogP contribution >= 0.6 is 0 Å². The Labute approximate surface area is 60.3 Å². The first-order valence-corrected chi connectivity index (χ1v) is 3.93. The fourth-order valence-corrected chi connectivity index (χ4v) is 0.856. The molecule has 0 saturated heterocycles. The highest BCUT2D eigenvalue weighted by atomic mass is 32.2. The van der Waals surface area contributed by atoms with Crippen molar-refractivity contribution in [3.8, 4) is 0 Å². The van der Waals surface area contributed by atoms with Crippen molar-refractivity contribution in [2.45, 2.75) is 6.54 Å². The number of rotatable bonds is 3. The third kappa shape index (κ3) is 2.24. The Balaban J connectivity index is 2.35. The lowest BCUT2D eigenvalue weighted by atomic mass is 10.7. The van der Waals surface area contributed by atoms with Crippen molar-refractivity contribution in [1.29, 1.82) is 0 Å². The quantitative estimate of drug-likeness (QED) is 0.540. The van der Waals surface area contributed by atoms with Crippen molar-refractivity contribution in [2.75, 3.05) is 5.75 Å². The van der Waals surface area contributed by atoms with E-state index in [-0.39, 0.29) is 5.75 Å². The first kappa shape index (κ1) is 7.36. The molecule has 0 aromatic carbocycles. The lowest BCUT2D eigenvalue weighted by Crippen LogP contribution is -2.07. The van der Waals surface area contributed by atoms with Crippen molar-refractivity contribution >= 4 is 11.1 Å². The smallest absolute Gasteiger partial charge is 0.0692 e. The van der Waals surface area contributed by atoms with Crippen LogP contribution in [0, 0.1) is 0 Å². The van der Waals surface area contributed by atoms with Crippen LogP contribution in [0.1, 0.15) is 0 Å². The Hall–Kier alpha value is -0.750. The van der Waals surface area contributed by atoms with Gasteiger partial charge in [0, 0.05) is 11.9 Å². The molecule has 1 atom stereocenters. The van der Waals surface area contributed by atoms with Gasteiger partial charge >= 0.3 is 0 Å². The molecule has 0 amide bonds. The summed E-state index contributed by atoms with van der Waals surface area (Å²) < 4.78 is 21.5. The second-order valence-electron chi connectivity index (χ2n) is 1.67. The molecule has 5 nitrogen and oxygen atoms in total. The number of hydrogen-bond donors (Lipinski definition) is 0. The summed E-state index contributed by atoms with van der Waals surface area (Å²) in [5, 5.41) is 7.09. The maximum Gasteiger partial charge on any atom is 0.0692 e. The summed E-state index contributed by atoms with van der Waals surface area (Å²) >= 11 is -1.99. The fourth-order valence-electron chi connectivity index (χ4n) is 0.520. The Morgan fingerprint density at radius 2 is 2.50 bits per heavy atom. The van der Waals surface area contributed by atoms with Crippen LogP contribution in [0.15, 0.2) is 12.4 Å². The molecular weight excluding hydrogens is 154 g/mol. The van der Waals surface area contributed by atoms with Crippen molar-refractivity contribution in [1.82, 2.24) is 15.0 Å². The second kappa shape index (κ2) is 3.43. The van der Waals surface area contributed by atoms with Gasteiger partial charge in [-0.3, -0.25) is 8.89 Å². The predicted octanol–water partition coefficient (Wildman–Crippen LogP) is -0.843. The average Bonchev–Trinajstić information content (AvgIpc) is 2.34. The second-order valence-corrected chi connectivity index (χ2v) is 2.69. The van der Waals surface area contributed by atoms with Crippen LogP contribution in [0.4, 0.5) is 0 Å². The van der Waals surface area contributed by atoms with Gasteiger partial charge < -0.3 is 4.55 Å². The highest BCUT2D eigenvalue weighted by molar-refractivity contribution is 7.79. The molecule has 0 aliphatic rings. The summed E-state index contributed by atoms with van der Waals surface area (Å²) in [5.74, 6) is 0.0867. The molecule has 1 heterocycles. The van der Waals surface area contributed by atoms with Crippen molar-refractivity contribution in [3.05, 3.63) is 12.4 Å². The average molecular weight is 160 g/mol. The molecule has 0 saturated carbocycles. The van der Waals surface area contributed by atoms with E-state index in [0.717, 1.165) is 0 Å². The van der Waals surface area contributed by atoms with Gasteiger partial charge in [-0.2, -0.15) is 0 Å². The zero-order valence-electron chi connectivity index (χ0n) is 5.14. The molecule has 1 rings (SSSR count). The van der Waals surface area contributed by atoms with Gasteiger partial charge in [0.15, 0.2) is 0 Å². The number of aromatic nitrogens is 3. The first-order chi connectivity index (χ1) is 4.79. The zero-order valence-corrected chi connectivity index (χ0v) is 5.95. The van der Waals surface area contributed by atoms with Gasteiger partial charge in [0.25, 0.3) is 0 Å². The van der Waals surface area contributed by atoms with E-state index in [2.05, 4.69) is 10.3 Å². The van der Waals surface area contributed by atoms with Gasteiger partial charge in [-0.15, -0.1) is 5.10 Å². The largest absolute Gasteiger partial charge is 0.772 e. The van der Waals surface area contributed by atoms with Crippen LogP contribution in [0.3, 0.4) is 0 Å². The molecule has 0 aliphatic heterocycles. The third-order valence-corrected chi connectivity index (χ3v) is 1.47. The van der Waals surface area contributed by atoms with Gasteiger partial charge in [-0.1, -0.05) is 16.3 Å². The van der Waals surface area contributed by atoms with E-state index in [4.69, 9.17) is 0 Å². The van der Waals surface area contributed by atoms with Crippen molar-refractivity contribution in [2.24, 2.45) is 0 Å². The molecule has 56 valence electrons. The van der Waals surface area contributed by atoms with Crippen LogP contribution in [0.5, 0.6) is 0 Å². The zero-order chi connectivity index (χ0) is 7.40. The Kier molecular flexibility index (Phi) is 2.52. The lowest BCUT2D eigenvalue weighted by Gasteiger charge is -2.02. The van der Waals surface area contributed by atoms with Gasteiger partial charge in [-0.05, 0) is 0 Å². The van der Waals surface area contributed by atoms with Crippen LogP contribution in [-0.4, -0.2) is 29.5 Å². The molecular formula is C4H6N3O2S-. The Morgan fingerprint density at radius 1 is 1.70 bits per heavy atom. The molecule has 0 radical (unpaired) electrons. The third-order valence-electron chi connectivity index (χ3n) is 0.959. The van der Waals surface area contributed by atoms with Crippen LogP contribution in [-0.2, 0) is 17.6 Å². The monoisotopic (exact) mass is 160 g/mol. The summed E-state index contributed by atoms with van der Waals surface area (Å²) in [4.78, 5) is 0. The molecule has 0 bridgehead atoms. The summed E-state index contributed by atoms with van der Waals surface area (Å²) in [7, 11) is 0. The van der Waals surface area contributed by atoms with Crippen molar-refractivity contribution < 1.29 is 8.76 Å². The highest BCUT2D eigenvalue weighted by Crippen LogP contribution is 1.82. The molecule has 10 heavy (non-hydrogen) atoms. The molecule has 0 spiro atoms. The number of nitrogens with zero attached hydrogens (tertiary/aromatic N) is 3. The minimum atomic E-state index is -1.99. The predicted molar refractivity (Wildman–Crippen MR) is 33.8 cm³/mol. The van der Waals surface area contributed by atoms with Crippen molar-refractivity contribution in [3.63, 3.8) is 0 Å². The molecule has 0 N–H and O–H groups in total. The van der Waals surface area contributed by atoms with E-state index in [1.165, 1.54) is 10.9 Å². The standard InChI is InChI=1S/C4H7N3O2S/c8-10(9)4-3-7-2-1-5-6-7/h1-2H,3-4H2,(H,8,9)/p-1. The van der Waals surface area contributed by atoms with E-state index < -0.39 is 11.1 Å². The van der Waals surface area contributed by atoms with Crippen LogP contribution in [0.2, 0.25) is 0 Å². The maximum absolute atomic E-state index is 10.0. The van der Waals surface area contributed by atoms with Gasteiger partial charge in [0.1, 0.15) is 0 Å². The van der Waals surface area contributed by atoms with E-state index in [0.29, 0.717) is 6.54 Å². The van der Waals surface area contributed by atoms with Crippen LogP contribution < -0.4 is 0 Å². The topological polar surface area (TPSA) is 70.8 Å². The fraction of sp³-hybridized carbons (Fsp3) is 0.500.